The fraction of sp³-hybridized carbons (Fsp3) is 1.00. The van der Waals surface area contributed by atoms with Crippen LogP contribution in [0.3, 0.4) is 0 Å². The van der Waals surface area contributed by atoms with Crippen LogP contribution in [0.1, 0.15) is 86.5 Å². The second kappa shape index (κ2) is 7.51. The Morgan fingerprint density at radius 3 is 1.62 bits per heavy atom. The van der Waals surface area contributed by atoms with E-state index < -0.39 is 0 Å². The summed E-state index contributed by atoms with van der Waals surface area (Å²) in [5.74, 6) is 7.69. The summed E-state index contributed by atoms with van der Waals surface area (Å²) in [6, 6.07) is 0. The predicted octanol–water partition coefficient (Wildman–Crippen LogP) is 6.79. The van der Waals surface area contributed by atoms with Crippen molar-refractivity contribution in [3.8, 4) is 0 Å². The lowest BCUT2D eigenvalue weighted by atomic mass is 9.55. The van der Waals surface area contributed by atoms with Crippen molar-refractivity contribution in [3.63, 3.8) is 0 Å². The zero-order chi connectivity index (χ0) is 15.6. The molecular formula is C21H40. The van der Waals surface area contributed by atoms with Crippen molar-refractivity contribution in [2.75, 3.05) is 0 Å². The van der Waals surface area contributed by atoms with Gasteiger partial charge in [-0.3, -0.25) is 0 Å². The molecule has 0 saturated heterocycles. The summed E-state index contributed by atoms with van der Waals surface area (Å²) in [6.07, 6.45) is 10.6. The van der Waals surface area contributed by atoms with Crippen LogP contribution < -0.4 is 0 Å². The van der Waals surface area contributed by atoms with Gasteiger partial charge in [0, 0.05) is 0 Å². The molecule has 0 bridgehead atoms. The van der Waals surface area contributed by atoms with Gasteiger partial charge in [-0.2, -0.15) is 0 Å². The van der Waals surface area contributed by atoms with Crippen LogP contribution in [0, 0.1) is 47.3 Å². The SMILES string of the molecule is CC(C)C1CCCCC1C1CCCC(C(C)C)C1C(C)C. The number of hydrogen-bond donors (Lipinski definition) is 0. The van der Waals surface area contributed by atoms with Gasteiger partial charge in [0.1, 0.15) is 0 Å². The molecule has 0 aromatic rings. The minimum Gasteiger partial charge on any atom is -0.0625 e. The van der Waals surface area contributed by atoms with Gasteiger partial charge in [0.2, 0.25) is 0 Å². The van der Waals surface area contributed by atoms with E-state index in [2.05, 4.69) is 41.5 Å². The molecule has 124 valence electrons. The zero-order valence-electron chi connectivity index (χ0n) is 15.6. The summed E-state index contributed by atoms with van der Waals surface area (Å²) in [5.41, 5.74) is 0. The number of rotatable bonds is 4. The van der Waals surface area contributed by atoms with Gasteiger partial charge >= 0.3 is 0 Å². The van der Waals surface area contributed by atoms with E-state index in [1.165, 1.54) is 44.9 Å². The first kappa shape index (κ1) is 17.4. The Balaban J connectivity index is 2.21. The van der Waals surface area contributed by atoms with E-state index in [0.717, 1.165) is 47.3 Å². The first-order chi connectivity index (χ1) is 9.93. The molecular weight excluding hydrogens is 252 g/mol. The van der Waals surface area contributed by atoms with Crippen molar-refractivity contribution in [2.24, 2.45) is 47.3 Å². The fourth-order valence-corrected chi connectivity index (χ4v) is 6.11. The highest BCUT2D eigenvalue weighted by Crippen LogP contribution is 2.51. The summed E-state index contributed by atoms with van der Waals surface area (Å²) in [7, 11) is 0. The smallest absolute Gasteiger partial charge is 0.0329 e. The average Bonchev–Trinajstić information content (AvgIpc) is 2.46. The first-order valence-electron chi connectivity index (χ1n) is 9.93. The topological polar surface area (TPSA) is 0 Å². The standard InChI is InChI=1S/C21H40/c1-14(2)17-10-7-8-11-19(17)20-13-9-12-18(15(3)4)21(20)16(5)6/h14-21H,7-13H2,1-6H3. The van der Waals surface area contributed by atoms with Crippen LogP contribution in [0.15, 0.2) is 0 Å². The minimum atomic E-state index is 0.873. The Kier molecular flexibility index (Phi) is 6.21. The summed E-state index contributed by atoms with van der Waals surface area (Å²) < 4.78 is 0. The lowest BCUT2D eigenvalue weighted by molar-refractivity contribution is -0.00533. The Hall–Kier alpha value is 0. The second-order valence-corrected chi connectivity index (χ2v) is 9.18. The van der Waals surface area contributed by atoms with Gasteiger partial charge in [0.15, 0.2) is 0 Å². The predicted molar refractivity (Wildman–Crippen MR) is 94.3 cm³/mol. The third-order valence-corrected chi connectivity index (χ3v) is 6.97. The molecule has 5 atom stereocenters. The van der Waals surface area contributed by atoms with Crippen LogP contribution in [0.4, 0.5) is 0 Å². The lowest BCUT2D eigenvalue weighted by Gasteiger charge is -2.50. The summed E-state index contributed by atoms with van der Waals surface area (Å²) in [4.78, 5) is 0. The van der Waals surface area contributed by atoms with Crippen LogP contribution in [0.2, 0.25) is 0 Å². The van der Waals surface area contributed by atoms with Gasteiger partial charge in [-0.25, -0.2) is 0 Å². The van der Waals surface area contributed by atoms with Gasteiger partial charge in [-0.15, -0.1) is 0 Å². The van der Waals surface area contributed by atoms with Crippen molar-refractivity contribution in [1.29, 1.82) is 0 Å². The Labute approximate surface area is 134 Å². The van der Waals surface area contributed by atoms with E-state index in [0.29, 0.717) is 0 Å². The molecule has 2 fully saturated rings. The third-order valence-electron chi connectivity index (χ3n) is 6.97. The molecule has 0 nitrogen and oxygen atoms in total. The van der Waals surface area contributed by atoms with Gasteiger partial charge in [-0.05, 0) is 73.0 Å². The third kappa shape index (κ3) is 3.85. The van der Waals surface area contributed by atoms with E-state index in [1.54, 1.807) is 0 Å². The quantitative estimate of drug-likeness (QED) is 0.535. The highest BCUT2D eigenvalue weighted by atomic mass is 14.5. The molecule has 2 aliphatic carbocycles. The van der Waals surface area contributed by atoms with Crippen molar-refractivity contribution in [1.82, 2.24) is 0 Å². The van der Waals surface area contributed by atoms with Crippen molar-refractivity contribution in [3.05, 3.63) is 0 Å². The Bertz CT molecular complexity index is 301. The van der Waals surface area contributed by atoms with Crippen molar-refractivity contribution >= 4 is 0 Å². The maximum absolute atomic E-state index is 2.51. The zero-order valence-corrected chi connectivity index (χ0v) is 15.6. The molecule has 2 saturated carbocycles. The van der Waals surface area contributed by atoms with Gasteiger partial charge in [-0.1, -0.05) is 60.8 Å². The Morgan fingerprint density at radius 1 is 0.524 bits per heavy atom. The number of hydrogen-bond acceptors (Lipinski definition) is 0. The minimum absolute atomic E-state index is 0.873. The largest absolute Gasteiger partial charge is 0.0625 e. The normalized spacial score (nSPS) is 38.4. The molecule has 0 heteroatoms. The van der Waals surface area contributed by atoms with E-state index in [4.69, 9.17) is 0 Å². The molecule has 0 heterocycles. The highest BCUT2D eigenvalue weighted by Gasteiger charge is 2.43. The summed E-state index contributed by atoms with van der Waals surface area (Å²) in [6.45, 7) is 14.9. The monoisotopic (exact) mass is 292 g/mol. The van der Waals surface area contributed by atoms with Gasteiger partial charge in [0.25, 0.3) is 0 Å². The van der Waals surface area contributed by atoms with Crippen LogP contribution >= 0.6 is 0 Å². The van der Waals surface area contributed by atoms with Gasteiger partial charge in [0.05, 0.1) is 0 Å². The van der Waals surface area contributed by atoms with E-state index in [9.17, 15) is 0 Å². The van der Waals surface area contributed by atoms with Crippen LogP contribution in [0.5, 0.6) is 0 Å². The van der Waals surface area contributed by atoms with Crippen molar-refractivity contribution < 1.29 is 0 Å². The maximum atomic E-state index is 2.51. The van der Waals surface area contributed by atoms with Crippen LogP contribution in [-0.2, 0) is 0 Å². The molecule has 5 unspecified atom stereocenters. The molecule has 2 aliphatic rings. The molecule has 0 amide bonds. The van der Waals surface area contributed by atoms with Crippen LogP contribution in [0.25, 0.3) is 0 Å². The van der Waals surface area contributed by atoms with E-state index >= 15 is 0 Å². The second-order valence-electron chi connectivity index (χ2n) is 9.18. The molecule has 0 spiro atoms. The maximum Gasteiger partial charge on any atom is -0.0329 e. The lowest BCUT2D eigenvalue weighted by Crippen LogP contribution is -2.42. The first-order valence-corrected chi connectivity index (χ1v) is 9.93. The van der Waals surface area contributed by atoms with Gasteiger partial charge < -0.3 is 0 Å². The molecule has 21 heavy (non-hydrogen) atoms. The fourth-order valence-electron chi connectivity index (χ4n) is 6.11. The molecule has 2 rings (SSSR count). The summed E-state index contributed by atoms with van der Waals surface area (Å²) >= 11 is 0. The Morgan fingerprint density at radius 2 is 1.05 bits per heavy atom. The van der Waals surface area contributed by atoms with Crippen molar-refractivity contribution in [2.45, 2.75) is 86.5 Å². The van der Waals surface area contributed by atoms with E-state index in [1.807, 2.05) is 0 Å². The van der Waals surface area contributed by atoms with E-state index in [-0.39, 0.29) is 0 Å². The molecule has 0 aromatic heterocycles. The molecule has 0 N–H and O–H groups in total. The molecule has 0 aromatic carbocycles. The molecule has 0 aliphatic heterocycles. The van der Waals surface area contributed by atoms with Crippen LogP contribution in [-0.4, -0.2) is 0 Å². The summed E-state index contributed by atoms with van der Waals surface area (Å²) in [5, 5.41) is 0. The highest BCUT2D eigenvalue weighted by molar-refractivity contribution is 4.92. The average molecular weight is 293 g/mol. The molecule has 0 radical (unpaired) electrons.